The monoisotopic (exact) mass is 367 g/mol. The van der Waals surface area contributed by atoms with Crippen LogP contribution in [-0.2, 0) is 0 Å². The molecule has 0 fully saturated rings. The average molecular weight is 367 g/mol. The molecule has 4 heteroatoms. The van der Waals surface area contributed by atoms with Crippen molar-refractivity contribution in [2.24, 2.45) is 0 Å². The molecule has 0 N–H and O–H groups in total. The predicted molar refractivity (Wildman–Crippen MR) is 84.9 cm³/mol. The third-order valence-corrected chi connectivity index (χ3v) is 4.65. The van der Waals surface area contributed by atoms with Gasteiger partial charge in [-0.2, -0.15) is 0 Å². The molecule has 0 unspecified atom stereocenters. The molecule has 90 valence electrons. The zero-order chi connectivity index (χ0) is 12.7. The molecule has 0 saturated carbocycles. The van der Waals surface area contributed by atoms with Crippen LogP contribution in [0.1, 0.15) is 5.56 Å². The van der Waals surface area contributed by atoms with Crippen LogP contribution in [0.3, 0.4) is 0 Å². The van der Waals surface area contributed by atoms with Gasteiger partial charge in [0, 0.05) is 3.57 Å². The van der Waals surface area contributed by atoms with Crippen molar-refractivity contribution in [3.8, 4) is 5.69 Å². The van der Waals surface area contributed by atoms with Crippen LogP contribution >= 0.6 is 34.1 Å². The maximum absolute atomic E-state index is 12.4. The number of rotatable bonds is 1. The molecule has 0 aliphatic heterocycles. The fourth-order valence-corrected chi connectivity index (χ4v) is 3.47. The Kier molecular flexibility index (Phi) is 2.99. The zero-order valence-electron chi connectivity index (χ0n) is 9.68. The highest BCUT2D eigenvalue weighted by molar-refractivity contribution is 14.1. The summed E-state index contributed by atoms with van der Waals surface area (Å²) in [5.41, 5.74) is 2.16. The van der Waals surface area contributed by atoms with Crippen LogP contribution in [0, 0.1) is 10.5 Å². The molecule has 0 spiro atoms. The van der Waals surface area contributed by atoms with Crippen molar-refractivity contribution in [3.05, 3.63) is 62.0 Å². The number of fused-ring (bicyclic) bond motifs is 1. The molecule has 1 heterocycles. The van der Waals surface area contributed by atoms with Crippen LogP contribution in [-0.4, -0.2) is 3.96 Å². The Morgan fingerprint density at radius 3 is 2.72 bits per heavy atom. The number of aromatic nitrogens is 1. The lowest BCUT2D eigenvalue weighted by Gasteiger charge is -2.05. The van der Waals surface area contributed by atoms with E-state index >= 15 is 0 Å². The van der Waals surface area contributed by atoms with Crippen LogP contribution in [0.4, 0.5) is 0 Å². The third kappa shape index (κ3) is 1.89. The summed E-state index contributed by atoms with van der Waals surface area (Å²) in [6.45, 7) is 2.03. The molecule has 2 nitrogen and oxygen atoms in total. The van der Waals surface area contributed by atoms with E-state index in [0.29, 0.717) is 0 Å². The van der Waals surface area contributed by atoms with Crippen LogP contribution < -0.4 is 5.56 Å². The normalized spacial score (nSPS) is 11.0. The van der Waals surface area contributed by atoms with Crippen molar-refractivity contribution >= 4 is 44.2 Å². The summed E-state index contributed by atoms with van der Waals surface area (Å²) in [5.74, 6) is 0. The van der Waals surface area contributed by atoms with Gasteiger partial charge in [-0.05, 0) is 59.3 Å². The van der Waals surface area contributed by atoms with E-state index in [-0.39, 0.29) is 5.56 Å². The van der Waals surface area contributed by atoms with Crippen molar-refractivity contribution in [2.75, 3.05) is 0 Å². The molecule has 0 saturated heterocycles. The molecule has 0 aliphatic rings. The van der Waals surface area contributed by atoms with Gasteiger partial charge >= 0.3 is 0 Å². The van der Waals surface area contributed by atoms with Gasteiger partial charge in [0.1, 0.15) is 0 Å². The van der Waals surface area contributed by atoms with Gasteiger partial charge in [-0.1, -0.05) is 29.7 Å². The molecule has 0 aliphatic carbocycles. The molecule has 3 aromatic rings. The molecule has 0 bridgehead atoms. The van der Waals surface area contributed by atoms with Crippen LogP contribution in [0.5, 0.6) is 0 Å². The SMILES string of the molecule is Cc1ccc(I)cc1-n1sc2ccccc2c1=O. The Bertz CT molecular complexity index is 788. The highest BCUT2D eigenvalue weighted by atomic mass is 127. The second-order valence-corrected chi connectivity index (χ2v) is 6.35. The first-order valence-corrected chi connectivity index (χ1v) is 7.39. The minimum absolute atomic E-state index is 0.0701. The summed E-state index contributed by atoms with van der Waals surface area (Å²) in [6, 6.07) is 13.9. The van der Waals surface area contributed by atoms with Crippen molar-refractivity contribution in [2.45, 2.75) is 6.92 Å². The molecule has 18 heavy (non-hydrogen) atoms. The first-order valence-electron chi connectivity index (χ1n) is 5.54. The summed E-state index contributed by atoms with van der Waals surface area (Å²) in [5, 5.41) is 0.792. The highest BCUT2D eigenvalue weighted by Crippen LogP contribution is 2.23. The van der Waals surface area contributed by atoms with Gasteiger partial charge in [0.2, 0.25) is 0 Å². The number of aryl methyl sites for hydroxylation is 1. The first kappa shape index (κ1) is 11.9. The highest BCUT2D eigenvalue weighted by Gasteiger charge is 2.10. The fourth-order valence-electron chi connectivity index (χ4n) is 1.93. The van der Waals surface area contributed by atoms with Crippen molar-refractivity contribution in [1.82, 2.24) is 3.96 Å². The van der Waals surface area contributed by atoms with Crippen molar-refractivity contribution in [3.63, 3.8) is 0 Å². The van der Waals surface area contributed by atoms with E-state index in [4.69, 9.17) is 0 Å². The van der Waals surface area contributed by atoms with Gasteiger partial charge in [-0.25, -0.2) is 3.96 Å². The maximum Gasteiger partial charge on any atom is 0.273 e. The lowest BCUT2D eigenvalue weighted by atomic mass is 10.2. The van der Waals surface area contributed by atoms with Crippen LogP contribution in [0.15, 0.2) is 47.3 Å². The summed E-state index contributed by atoms with van der Waals surface area (Å²) in [7, 11) is 0. The fraction of sp³-hybridized carbons (Fsp3) is 0.0714. The smallest absolute Gasteiger partial charge is 0.267 e. The topological polar surface area (TPSA) is 22.0 Å². The Morgan fingerprint density at radius 1 is 1.17 bits per heavy atom. The second-order valence-electron chi connectivity index (χ2n) is 4.12. The first-order chi connectivity index (χ1) is 8.66. The van der Waals surface area contributed by atoms with Gasteiger partial charge in [0.25, 0.3) is 5.56 Å². The largest absolute Gasteiger partial charge is 0.273 e. The van der Waals surface area contributed by atoms with Crippen molar-refractivity contribution < 1.29 is 0 Å². The van der Waals surface area contributed by atoms with Crippen molar-refractivity contribution in [1.29, 1.82) is 0 Å². The third-order valence-electron chi connectivity index (χ3n) is 2.88. The standard InChI is InChI=1S/C14H10INOS/c1-9-6-7-10(15)8-12(9)16-14(17)11-4-2-3-5-13(11)18-16/h2-8H,1H3. The van der Waals surface area contributed by atoms with E-state index in [0.717, 1.165) is 24.9 Å². The summed E-state index contributed by atoms with van der Waals surface area (Å²) in [6.07, 6.45) is 0. The van der Waals surface area contributed by atoms with Gasteiger partial charge in [0.05, 0.1) is 15.8 Å². The number of benzene rings is 2. The van der Waals surface area contributed by atoms with E-state index in [1.807, 2.05) is 43.3 Å². The van der Waals surface area contributed by atoms with E-state index in [9.17, 15) is 4.79 Å². The maximum atomic E-state index is 12.4. The van der Waals surface area contributed by atoms with Crippen LogP contribution in [0.25, 0.3) is 15.8 Å². The quantitative estimate of drug-likeness (QED) is 0.597. The molecular formula is C14H10INOS. The van der Waals surface area contributed by atoms with E-state index in [1.165, 1.54) is 11.5 Å². The summed E-state index contributed by atoms with van der Waals surface area (Å²) in [4.78, 5) is 12.4. The Labute approximate surface area is 122 Å². The minimum atomic E-state index is 0.0701. The number of nitrogens with zero attached hydrogens (tertiary/aromatic N) is 1. The predicted octanol–water partition coefficient (Wildman–Crippen LogP) is 3.97. The Balaban J connectivity index is 2.35. The molecule has 3 rings (SSSR count). The minimum Gasteiger partial charge on any atom is -0.267 e. The molecule has 2 aromatic carbocycles. The summed E-state index contributed by atoms with van der Waals surface area (Å²) < 4.78 is 3.95. The lowest BCUT2D eigenvalue weighted by Crippen LogP contribution is -2.11. The van der Waals surface area contributed by atoms with Gasteiger partial charge in [0.15, 0.2) is 0 Å². The lowest BCUT2D eigenvalue weighted by molar-refractivity contribution is 1.12. The zero-order valence-corrected chi connectivity index (χ0v) is 12.7. The second kappa shape index (κ2) is 4.51. The van der Waals surface area contributed by atoms with E-state index < -0.39 is 0 Å². The van der Waals surface area contributed by atoms with Gasteiger partial charge in [-0.15, -0.1) is 0 Å². The van der Waals surface area contributed by atoms with Gasteiger partial charge in [-0.3, -0.25) is 4.79 Å². The molecule has 1 aromatic heterocycles. The summed E-state index contributed by atoms with van der Waals surface area (Å²) >= 11 is 3.77. The number of hydrogen-bond donors (Lipinski definition) is 0. The molecular weight excluding hydrogens is 357 g/mol. The average Bonchev–Trinajstić information content (AvgIpc) is 2.71. The van der Waals surface area contributed by atoms with E-state index in [1.54, 1.807) is 3.96 Å². The molecule has 0 radical (unpaired) electrons. The number of halogens is 1. The Hall–Kier alpha value is -1.14. The van der Waals surface area contributed by atoms with Crippen LogP contribution in [0.2, 0.25) is 0 Å². The number of hydrogen-bond acceptors (Lipinski definition) is 2. The molecule has 0 amide bonds. The van der Waals surface area contributed by atoms with Gasteiger partial charge < -0.3 is 0 Å². The Morgan fingerprint density at radius 2 is 1.94 bits per heavy atom. The van der Waals surface area contributed by atoms with E-state index in [2.05, 4.69) is 28.7 Å². The molecule has 0 atom stereocenters.